The standard InChI is InChI=1S/C38H39Cl2N7O4/c1-22(36(49)41-2)46(3)21-25-19-43-32-17-23(15-16-47(32)38(25)50)27-7-5-8-28(34(27)39)29-9-6-10-30(35(29)40)31-13-11-24(37(45-31)51-4)18-42-20-26-12-14-33(48)44-26/h5-11,13,15-17,19,22,26,42H,12,14,18,20-21H2,1-4H3,(H,41,49)(H,44,48)/t22?,26-/m0/s1. The van der Waals surface area contributed by atoms with E-state index in [9.17, 15) is 14.4 Å². The smallest absolute Gasteiger partial charge is 0.262 e. The molecule has 0 saturated carbocycles. The molecule has 5 aromatic rings. The van der Waals surface area contributed by atoms with Crippen molar-refractivity contribution in [2.45, 2.75) is 44.9 Å². The lowest BCUT2D eigenvalue weighted by atomic mass is 9.97. The molecule has 2 amide bonds. The number of likely N-dealkylation sites (N-methyl/N-ethyl adjacent to an activating group) is 2. The van der Waals surface area contributed by atoms with E-state index < -0.39 is 6.04 Å². The number of carbonyl (C=O) groups excluding carboxylic acids is 2. The Morgan fingerprint density at radius 3 is 2.43 bits per heavy atom. The Morgan fingerprint density at radius 2 is 1.75 bits per heavy atom. The predicted octanol–water partition coefficient (Wildman–Crippen LogP) is 5.34. The molecule has 11 nitrogen and oxygen atoms in total. The third-order valence-electron chi connectivity index (χ3n) is 9.29. The van der Waals surface area contributed by atoms with Gasteiger partial charge in [0.05, 0.1) is 34.5 Å². The van der Waals surface area contributed by atoms with Gasteiger partial charge in [0.2, 0.25) is 17.7 Å². The molecule has 1 aliphatic heterocycles. The maximum absolute atomic E-state index is 13.4. The van der Waals surface area contributed by atoms with E-state index in [-0.39, 0.29) is 30.0 Å². The van der Waals surface area contributed by atoms with Crippen LogP contribution in [0.25, 0.3) is 39.2 Å². The van der Waals surface area contributed by atoms with Gasteiger partial charge in [0.15, 0.2) is 0 Å². The molecule has 2 aromatic carbocycles. The molecule has 1 fully saturated rings. The first-order valence-corrected chi connectivity index (χ1v) is 17.4. The van der Waals surface area contributed by atoms with Gasteiger partial charge < -0.3 is 20.7 Å². The Kier molecular flexibility index (Phi) is 11.0. The summed E-state index contributed by atoms with van der Waals surface area (Å²) in [6.45, 7) is 3.25. The third-order valence-corrected chi connectivity index (χ3v) is 10.1. The summed E-state index contributed by atoms with van der Waals surface area (Å²) in [4.78, 5) is 48.1. The van der Waals surface area contributed by atoms with Crippen LogP contribution in [-0.4, -0.2) is 70.9 Å². The molecule has 0 bridgehead atoms. The molecule has 0 radical (unpaired) electrons. The highest BCUT2D eigenvalue weighted by Gasteiger charge is 2.22. The lowest BCUT2D eigenvalue weighted by molar-refractivity contribution is -0.125. The summed E-state index contributed by atoms with van der Waals surface area (Å²) >= 11 is 14.2. The van der Waals surface area contributed by atoms with E-state index in [4.69, 9.17) is 32.9 Å². The fourth-order valence-corrected chi connectivity index (χ4v) is 6.91. The van der Waals surface area contributed by atoms with Crippen molar-refractivity contribution < 1.29 is 14.3 Å². The number of fused-ring (bicyclic) bond motifs is 1. The van der Waals surface area contributed by atoms with Crippen LogP contribution in [0.1, 0.15) is 30.9 Å². The molecule has 264 valence electrons. The van der Waals surface area contributed by atoms with E-state index in [1.165, 1.54) is 4.40 Å². The first-order chi connectivity index (χ1) is 24.6. The number of pyridine rings is 2. The Hall–Kier alpha value is -4.81. The SMILES string of the molecule is CNC(=O)C(C)N(C)Cc1cnc2cc(-c3cccc(-c4cccc(-c5ccc(CNC[C@@H]6CCC(=O)N6)c(OC)n5)c4Cl)c3Cl)ccn2c1=O. The number of methoxy groups -OCH3 is 1. The summed E-state index contributed by atoms with van der Waals surface area (Å²) in [5.41, 5.74) is 6.01. The zero-order chi connectivity index (χ0) is 36.2. The molecule has 1 unspecified atom stereocenters. The zero-order valence-electron chi connectivity index (χ0n) is 28.8. The lowest BCUT2D eigenvalue weighted by Crippen LogP contribution is -2.42. The summed E-state index contributed by atoms with van der Waals surface area (Å²) in [7, 11) is 4.96. The highest BCUT2D eigenvalue weighted by molar-refractivity contribution is 6.39. The van der Waals surface area contributed by atoms with Crippen LogP contribution in [-0.2, 0) is 22.7 Å². The second-order valence-corrected chi connectivity index (χ2v) is 13.3. The van der Waals surface area contributed by atoms with E-state index in [0.29, 0.717) is 52.3 Å². The molecule has 13 heteroatoms. The number of rotatable bonds is 12. The number of carbonyl (C=O) groups is 2. The largest absolute Gasteiger partial charge is 0.481 e. The Balaban J connectivity index is 1.25. The van der Waals surface area contributed by atoms with Gasteiger partial charge in [-0.2, -0.15) is 0 Å². The van der Waals surface area contributed by atoms with Crippen LogP contribution < -0.4 is 26.2 Å². The molecule has 6 rings (SSSR count). The number of ether oxygens (including phenoxy) is 1. The lowest BCUT2D eigenvalue weighted by Gasteiger charge is -2.22. The van der Waals surface area contributed by atoms with Crippen LogP contribution in [0.3, 0.4) is 0 Å². The molecule has 3 N–H and O–H groups in total. The summed E-state index contributed by atoms with van der Waals surface area (Å²) in [6, 6.07) is 18.7. The molecule has 0 spiro atoms. The van der Waals surface area contributed by atoms with Gasteiger partial charge in [-0.3, -0.25) is 23.7 Å². The predicted molar refractivity (Wildman–Crippen MR) is 200 cm³/mol. The fourth-order valence-electron chi connectivity index (χ4n) is 6.25. The number of amides is 2. The average Bonchev–Trinajstić information content (AvgIpc) is 3.56. The summed E-state index contributed by atoms with van der Waals surface area (Å²) < 4.78 is 7.13. The highest BCUT2D eigenvalue weighted by Crippen LogP contribution is 2.42. The van der Waals surface area contributed by atoms with Crippen LogP contribution in [0.4, 0.5) is 0 Å². The second kappa shape index (κ2) is 15.6. The second-order valence-electron chi connectivity index (χ2n) is 12.6. The summed E-state index contributed by atoms with van der Waals surface area (Å²) in [5.74, 6) is 0.442. The minimum atomic E-state index is -0.409. The summed E-state index contributed by atoms with van der Waals surface area (Å²) in [6.07, 6.45) is 4.63. The maximum atomic E-state index is 13.4. The van der Waals surface area contributed by atoms with E-state index >= 15 is 0 Å². The van der Waals surface area contributed by atoms with Crippen molar-refractivity contribution in [3.8, 4) is 39.4 Å². The Labute approximate surface area is 306 Å². The average molecular weight is 729 g/mol. The van der Waals surface area contributed by atoms with E-state index in [0.717, 1.165) is 39.8 Å². The van der Waals surface area contributed by atoms with Crippen molar-refractivity contribution in [1.29, 1.82) is 0 Å². The van der Waals surface area contributed by atoms with Crippen LogP contribution >= 0.6 is 23.2 Å². The number of halogens is 2. The number of hydrogen-bond donors (Lipinski definition) is 3. The number of nitrogens with zero attached hydrogens (tertiary/aromatic N) is 4. The quantitative estimate of drug-likeness (QED) is 0.157. The number of nitrogens with one attached hydrogen (secondary N) is 3. The topological polar surface area (TPSA) is 130 Å². The molecule has 2 atom stereocenters. The van der Waals surface area contributed by atoms with Crippen molar-refractivity contribution in [1.82, 2.24) is 35.2 Å². The first-order valence-electron chi connectivity index (χ1n) is 16.6. The van der Waals surface area contributed by atoms with Gasteiger partial charge in [-0.15, -0.1) is 0 Å². The molecule has 51 heavy (non-hydrogen) atoms. The van der Waals surface area contributed by atoms with Gasteiger partial charge in [-0.25, -0.2) is 9.97 Å². The minimum Gasteiger partial charge on any atom is -0.481 e. The Morgan fingerprint density at radius 1 is 1.04 bits per heavy atom. The fraction of sp³-hybridized carbons (Fsp3) is 0.289. The third kappa shape index (κ3) is 7.62. The van der Waals surface area contributed by atoms with E-state index in [1.807, 2.05) is 60.7 Å². The zero-order valence-corrected chi connectivity index (χ0v) is 30.3. The first kappa shape index (κ1) is 36.0. The minimum absolute atomic E-state index is 0.0897. The molecule has 0 aliphatic carbocycles. The normalized spacial score (nSPS) is 14.9. The number of hydrogen-bond acceptors (Lipinski definition) is 8. The maximum Gasteiger partial charge on any atom is 0.262 e. The van der Waals surface area contributed by atoms with Gasteiger partial charge >= 0.3 is 0 Å². The molecule has 1 saturated heterocycles. The molecular weight excluding hydrogens is 689 g/mol. The molecular formula is C38H39Cl2N7O4. The van der Waals surface area contributed by atoms with Gasteiger partial charge in [0.1, 0.15) is 5.65 Å². The monoisotopic (exact) mass is 727 g/mol. The van der Waals surface area contributed by atoms with Gasteiger partial charge in [-0.1, -0.05) is 65.7 Å². The van der Waals surface area contributed by atoms with Crippen molar-refractivity contribution >= 4 is 40.7 Å². The number of aromatic nitrogens is 3. The molecule has 1 aliphatic rings. The van der Waals surface area contributed by atoms with Crippen LogP contribution in [0.15, 0.2) is 77.9 Å². The summed E-state index contributed by atoms with van der Waals surface area (Å²) in [5, 5.41) is 9.97. The van der Waals surface area contributed by atoms with Gasteiger partial charge in [-0.05, 0) is 44.2 Å². The van der Waals surface area contributed by atoms with Crippen LogP contribution in [0.2, 0.25) is 10.0 Å². The van der Waals surface area contributed by atoms with Gasteiger partial charge in [0.25, 0.3) is 5.56 Å². The highest BCUT2D eigenvalue weighted by atomic mass is 35.5. The van der Waals surface area contributed by atoms with Crippen molar-refractivity contribution in [3.63, 3.8) is 0 Å². The van der Waals surface area contributed by atoms with Crippen LogP contribution in [0.5, 0.6) is 5.88 Å². The van der Waals surface area contributed by atoms with Crippen LogP contribution in [0, 0.1) is 0 Å². The van der Waals surface area contributed by atoms with E-state index in [1.54, 1.807) is 45.4 Å². The molecule has 4 heterocycles. The molecule has 3 aromatic heterocycles. The van der Waals surface area contributed by atoms with Gasteiger partial charge in [0, 0.05) is 79.4 Å². The van der Waals surface area contributed by atoms with Crippen molar-refractivity contribution in [3.05, 3.63) is 105 Å². The van der Waals surface area contributed by atoms with Crippen molar-refractivity contribution in [2.24, 2.45) is 0 Å². The Bertz CT molecular complexity index is 2170. The number of benzene rings is 2. The van der Waals surface area contributed by atoms with E-state index in [2.05, 4.69) is 20.9 Å². The van der Waals surface area contributed by atoms with Crippen molar-refractivity contribution in [2.75, 3.05) is 27.7 Å².